The maximum Gasteiger partial charge on any atom is 0.209 e. The molecule has 2 aromatic heterocycles. The molecular weight excluding hydrogens is 326 g/mol. The van der Waals surface area contributed by atoms with Gasteiger partial charge in [0.2, 0.25) is 5.16 Å². The topological polar surface area (TPSA) is 56.5 Å². The maximum absolute atomic E-state index is 4.73. The van der Waals surface area contributed by atoms with Crippen LogP contribution in [0.3, 0.4) is 0 Å². The van der Waals surface area contributed by atoms with Gasteiger partial charge in [0.1, 0.15) is 5.01 Å². The van der Waals surface area contributed by atoms with E-state index in [-0.39, 0.29) is 0 Å². The summed E-state index contributed by atoms with van der Waals surface area (Å²) in [6.07, 6.45) is 4.93. The lowest BCUT2D eigenvalue weighted by Crippen LogP contribution is -2.08. The van der Waals surface area contributed by atoms with E-state index in [2.05, 4.69) is 33.0 Å². The van der Waals surface area contributed by atoms with Gasteiger partial charge in [0.05, 0.1) is 11.7 Å². The number of thiazole rings is 1. The lowest BCUT2D eigenvalue weighted by atomic mass is 10.2. The van der Waals surface area contributed by atoms with Crippen molar-refractivity contribution in [2.45, 2.75) is 42.6 Å². The molecule has 118 valence electrons. The van der Waals surface area contributed by atoms with Crippen molar-refractivity contribution in [2.75, 3.05) is 0 Å². The van der Waals surface area contributed by atoms with Gasteiger partial charge in [-0.05, 0) is 23.3 Å². The van der Waals surface area contributed by atoms with Crippen LogP contribution in [-0.4, -0.2) is 25.2 Å². The van der Waals surface area contributed by atoms with Crippen LogP contribution in [0.1, 0.15) is 37.4 Å². The molecule has 0 aliphatic heterocycles. The van der Waals surface area contributed by atoms with Gasteiger partial charge in [0.15, 0.2) is 0 Å². The van der Waals surface area contributed by atoms with E-state index in [1.165, 1.54) is 31.2 Å². The van der Waals surface area contributed by atoms with Gasteiger partial charge < -0.3 is 0 Å². The van der Waals surface area contributed by atoms with E-state index in [0.29, 0.717) is 6.04 Å². The van der Waals surface area contributed by atoms with Crippen LogP contribution in [0.15, 0.2) is 40.9 Å². The number of aromatic nitrogens is 5. The average molecular weight is 343 g/mol. The average Bonchev–Trinajstić information content (AvgIpc) is 3.33. The standard InChI is InChI=1S/C16H17N5S2/c1-2-6-12(7-3-1)15-17-13(10-22-15)11-23-16-18-19-20-21(16)14-8-4-5-9-14/h1-3,6-7,10,14H,4-5,8-9,11H2. The van der Waals surface area contributed by atoms with Crippen molar-refractivity contribution in [3.05, 3.63) is 41.4 Å². The molecule has 4 rings (SSSR count). The summed E-state index contributed by atoms with van der Waals surface area (Å²) in [6.45, 7) is 0. The van der Waals surface area contributed by atoms with Crippen LogP contribution in [0.2, 0.25) is 0 Å². The Kier molecular flexibility index (Phi) is 4.39. The minimum absolute atomic E-state index is 0.475. The van der Waals surface area contributed by atoms with E-state index >= 15 is 0 Å². The zero-order chi connectivity index (χ0) is 15.5. The summed E-state index contributed by atoms with van der Waals surface area (Å²) < 4.78 is 2.00. The number of tetrazole rings is 1. The summed E-state index contributed by atoms with van der Waals surface area (Å²) >= 11 is 3.36. The molecule has 5 nitrogen and oxygen atoms in total. The van der Waals surface area contributed by atoms with Crippen molar-refractivity contribution in [2.24, 2.45) is 0 Å². The number of rotatable bonds is 5. The summed E-state index contributed by atoms with van der Waals surface area (Å²) in [6, 6.07) is 10.8. The summed E-state index contributed by atoms with van der Waals surface area (Å²) in [7, 11) is 0. The van der Waals surface area contributed by atoms with Crippen molar-refractivity contribution >= 4 is 23.1 Å². The molecule has 23 heavy (non-hydrogen) atoms. The van der Waals surface area contributed by atoms with Crippen LogP contribution in [0, 0.1) is 0 Å². The zero-order valence-corrected chi connectivity index (χ0v) is 14.3. The fourth-order valence-electron chi connectivity index (χ4n) is 2.88. The van der Waals surface area contributed by atoms with E-state index in [1.54, 1.807) is 23.1 Å². The van der Waals surface area contributed by atoms with Gasteiger partial charge in [-0.15, -0.1) is 16.4 Å². The smallest absolute Gasteiger partial charge is 0.209 e. The van der Waals surface area contributed by atoms with Gasteiger partial charge in [-0.2, -0.15) is 0 Å². The number of hydrogen-bond acceptors (Lipinski definition) is 6. The summed E-state index contributed by atoms with van der Waals surface area (Å²) in [5.74, 6) is 0.802. The molecule has 0 amide bonds. The Balaban J connectivity index is 1.44. The van der Waals surface area contributed by atoms with Crippen LogP contribution in [0.4, 0.5) is 0 Å². The third-order valence-corrected chi connectivity index (χ3v) is 5.96. The maximum atomic E-state index is 4.73. The number of benzene rings is 1. The van der Waals surface area contributed by atoms with Crippen LogP contribution in [-0.2, 0) is 5.75 Å². The Morgan fingerprint density at radius 2 is 2.00 bits per heavy atom. The monoisotopic (exact) mass is 343 g/mol. The number of thioether (sulfide) groups is 1. The molecule has 0 N–H and O–H groups in total. The Morgan fingerprint density at radius 3 is 2.83 bits per heavy atom. The molecule has 0 spiro atoms. The molecule has 3 aromatic rings. The van der Waals surface area contributed by atoms with E-state index in [0.717, 1.165) is 21.6 Å². The fourth-order valence-corrected chi connectivity index (χ4v) is 4.65. The minimum atomic E-state index is 0.475. The Morgan fingerprint density at radius 1 is 1.17 bits per heavy atom. The zero-order valence-electron chi connectivity index (χ0n) is 12.6. The molecule has 0 unspecified atom stereocenters. The molecule has 7 heteroatoms. The van der Waals surface area contributed by atoms with E-state index in [4.69, 9.17) is 4.98 Å². The fraction of sp³-hybridized carbons (Fsp3) is 0.375. The molecule has 1 fully saturated rings. The van der Waals surface area contributed by atoms with Gasteiger partial charge in [-0.1, -0.05) is 54.9 Å². The minimum Gasteiger partial charge on any atom is -0.240 e. The number of hydrogen-bond donors (Lipinski definition) is 0. The highest BCUT2D eigenvalue weighted by molar-refractivity contribution is 7.98. The SMILES string of the molecule is c1ccc(-c2nc(CSc3nnnn3C3CCCC3)cs2)cc1. The molecule has 1 saturated carbocycles. The van der Waals surface area contributed by atoms with Crippen molar-refractivity contribution in [3.8, 4) is 10.6 Å². The highest BCUT2D eigenvalue weighted by atomic mass is 32.2. The summed E-state index contributed by atoms with van der Waals surface area (Å²) in [5, 5.41) is 16.3. The van der Waals surface area contributed by atoms with E-state index in [1.807, 2.05) is 22.9 Å². The van der Waals surface area contributed by atoms with Gasteiger partial charge in [-0.25, -0.2) is 9.67 Å². The molecule has 0 bridgehead atoms. The molecular formula is C16H17N5S2. The molecule has 0 atom stereocenters. The highest BCUT2D eigenvalue weighted by Crippen LogP contribution is 2.32. The molecule has 2 heterocycles. The van der Waals surface area contributed by atoms with Crippen molar-refractivity contribution < 1.29 is 0 Å². The molecule has 0 radical (unpaired) electrons. The number of nitrogens with zero attached hydrogens (tertiary/aromatic N) is 5. The first-order valence-corrected chi connectivity index (χ1v) is 9.67. The lowest BCUT2D eigenvalue weighted by Gasteiger charge is -2.10. The summed E-state index contributed by atoms with van der Waals surface area (Å²) in [5.41, 5.74) is 2.25. The predicted octanol–water partition coefficient (Wildman–Crippen LogP) is 4.20. The Bertz CT molecular complexity index is 762. The van der Waals surface area contributed by atoms with Crippen molar-refractivity contribution in [1.29, 1.82) is 0 Å². The predicted molar refractivity (Wildman–Crippen MR) is 92.4 cm³/mol. The largest absolute Gasteiger partial charge is 0.240 e. The van der Waals surface area contributed by atoms with E-state index in [9.17, 15) is 0 Å². The second-order valence-electron chi connectivity index (χ2n) is 5.64. The summed E-state index contributed by atoms with van der Waals surface area (Å²) in [4.78, 5) is 4.73. The third-order valence-electron chi connectivity index (χ3n) is 4.05. The van der Waals surface area contributed by atoms with Crippen LogP contribution < -0.4 is 0 Å². The van der Waals surface area contributed by atoms with Crippen molar-refractivity contribution in [3.63, 3.8) is 0 Å². The third kappa shape index (κ3) is 3.30. The Labute approximate surface area is 143 Å². The van der Waals surface area contributed by atoms with Crippen LogP contribution in [0.25, 0.3) is 10.6 Å². The Hall–Kier alpha value is -1.73. The molecule has 1 aliphatic rings. The quantitative estimate of drug-likeness (QED) is 0.650. The first-order valence-electron chi connectivity index (χ1n) is 7.80. The first-order chi connectivity index (χ1) is 11.4. The van der Waals surface area contributed by atoms with Gasteiger partial charge in [0.25, 0.3) is 0 Å². The van der Waals surface area contributed by atoms with Crippen LogP contribution in [0.5, 0.6) is 0 Å². The van der Waals surface area contributed by atoms with Gasteiger partial charge in [-0.3, -0.25) is 0 Å². The van der Waals surface area contributed by atoms with Crippen LogP contribution >= 0.6 is 23.1 Å². The van der Waals surface area contributed by atoms with Crippen molar-refractivity contribution in [1.82, 2.24) is 25.2 Å². The second kappa shape index (κ2) is 6.80. The molecule has 1 aromatic carbocycles. The second-order valence-corrected chi connectivity index (χ2v) is 7.44. The molecule has 0 saturated heterocycles. The lowest BCUT2D eigenvalue weighted by molar-refractivity contribution is 0.423. The first kappa shape index (κ1) is 14.8. The normalized spacial score (nSPS) is 15.3. The van der Waals surface area contributed by atoms with Gasteiger partial charge >= 0.3 is 0 Å². The van der Waals surface area contributed by atoms with Gasteiger partial charge in [0, 0.05) is 16.7 Å². The van der Waals surface area contributed by atoms with E-state index < -0.39 is 0 Å². The molecule has 1 aliphatic carbocycles. The highest BCUT2D eigenvalue weighted by Gasteiger charge is 2.21.